The molecular formula is C11H10FIO. The normalized spacial score (nSPS) is 80.3. The molecule has 1 unspecified atom stereocenters. The minimum absolute atomic E-state index is 0.155. The number of Topliss-reactive ketones (excluding diaryl/α,β-unsaturated/α-hetero) is 1. The molecule has 0 saturated heterocycles. The molecule has 6 aliphatic carbocycles. The van der Waals surface area contributed by atoms with Gasteiger partial charge in [0.2, 0.25) is 0 Å². The zero-order valence-electron chi connectivity index (χ0n) is 7.49. The number of carbonyl (C=O) groups excluding carboxylic acids is 1. The van der Waals surface area contributed by atoms with E-state index < -0.39 is 5.67 Å². The summed E-state index contributed by atoms with van der Waals surface area (Å²) in [6, 6.07) is 0. The molecule has 0 spiro atoms. The molecule has 3 heteroatoms. The highest BCUT2D eigenvalue weighted by Gasteiger charge is 2.90. The standard InChI is InChI=1S/C11H10FIO/c12-11-7-3-1-2-4(5(3)10(11)13)8(11)9(14)6(2)7/h2-8,10H,1H2/t2-,3+,4?,5+,6+,7-,8+,10-,11-/m0/s1. The number of ketones is 1. The van der Waals surface area contributed by atoms with Crippen LogP contribution in [0.2, 0.25) is 0 Å². The molecule has 6 rings (SSSR count). The van der Waals surface area contributed by atoms with Crippen LogP contribution in [0, 0.1) is 41.4 Å². The smallest absolute Gasteiger partial charge is 0.143 e. The van der Waals surface area contributed by atoms with Crippen molar-refractivity contribution in [2.45, 2.75) is 16.0 Å². The lowest BCUT2D eigenvalue weighted by Gasteiger charge is -2.35. The average molecular weight is 304 g/mol. The van der Waals surface area contributed by atoms with Crippen LogP contribution in [0.15, 0.2) is 0 Å². The Hall–Kier alpha value is 0.330. The van der Waals surface area contributed by atoms with Crippen LogP contribution in [-0.4, -0.2) is 15.4 Å². The van der Waals surface area contributed by atoms with Crippen molar-refractivity contribution in [2.24, 2.45) is 41.4 Å². The molecule has 0 aromatic heterocycles. The fraction of sp³-hybridized carbons (Fsp3) is 0.909. The lowest BCUT2D eigenvalue weighted by molar-refractivity contribution is -0.122. The van der Waals surface area contributed by atoms with E-state index in [9.17, 15) is 9.18 Å². The van der Waals surface area contributed by atoms with E-state index in [0.29, 0.717) is 29.5 Å². The monoisotopic (exact) mass is 304 g/mol. The van der Waals surface area contributed by atoms with Crippen molar-refractivity contribution >= 4 is 28.4 Å². The van der Waals surface area contributed by atoms with Crippen molar-refractivity contribution in [1.29, 1.82) is 0 Å². The maximum absolute atomic E-state index is 14.9. The second kappa shape index (κ2) is 1.72. The van der Waals surface area contributed by atoms with Crippen molar-refractivity contribution in [2.75, 3.05) is 0 Å². The molecular weight excluding hydrogens is 294 g/mol. The number of hydrogen-bond acceptors (Lipinski definition) is 1. The fourth-order valence-corrected chi connectivity index (χ4v) is 7.96. The third-order valence-corrected chi connectivity index (χ3v) is 7.84. The lowest BCUT2D eigenvalue weighted by Crippen LogP contribution is -2.42. The largest absolute Gasteiger partial charge is 0.299 e. The van der Waals surface area contributed by atoms with Crippen molar-refractivity contribution in [3.63, 3.8) is 0 Å². The van der Waals surface area contributed by atoms with Gasteiger partial charge in [-0.25, -0.2) is 4.39 Å². The Labute approximate surface area is 94.9 Å². The van der Waals surface area contributed by atoms with E-state index in [1.54, 1.807) is 0 Å². The summed E-state index contributed by atoms with van der Waals surface area (Å²) >= 11 is 2.30. The van der Waals surface area contributed by atoms with E-state index in [1.807, 2.05) is 0 Å². The maximum Gasteiger partial charge on any atom is 0.143 e. The molecule has 0 amide bonds. The summed E-state index contributed by atoms with van der Waals surface area (Å²) in [4.78, 5) is 12.0. The molecule has 0 N–H and O–H groups in total. The van der Waals surface area contributed by atoms with E-state index in [1.165, 1.54) is 6.42 Å². The Kier molecular flexibility index (Phi) is 0.931. The predicted molar refractivity (Wildman–Crippen MR) is 55.7 cm³/mol. The van der Waals surface area contributed by atoms with Crippen LogP contribution < -0.4 is 0 Å². The first-order chi connectivity index (χ1) is 6.67. The highest BCUT2D eigenvalue weighted by molar-refractivity contribution is 14.1. The molecule has 1 nitrogen and oxygen atoms in total. The van der Waals surface area contributed by atoms with Gasteiger partial charge in [-0.3, -0.25) is 4.79 Å². The quantitative estimate of drug-likeness (QED) is 0.493. The molecule has 6 fully saturated rings. The van der Waals surface area contributed by atoms with E-state index in [2.05, 4.69) is 22.6 Å². The number of carbonyl (C=O) groups is 1. The zero-order valence-corrected chi connectivity index (χ0v) is 9.65. The first kappa shape index (κ1) is 7.58. The SMILES string of the molecule is O=C1[C@H]2[C@@H]3[C@@H]4C[C@H]2C2[C@@H]4[C@H](I)[C@@]3(F)[C@@H]12. The van der Waals surface area contributed by atoms with Crippen molar-refractivity contribution in [3.8, 4) is 0 Å². The van der Waals surface area contributed by atoms with Crippen LogP contribution in [0.25, 0.3) is 0 Å². The van der Waals surface area contributed by atoms with Gasteiger partial charge in [0, 0.05) is 15.8 Å². The Balaban J connectivity index is 1.92. The maximum atomic E-state index is 14.9. The van der Waals surface area contributed by atoms with Crippen LogP contribution >= 0.6 is 22.6 Å². The van der Waals surface area contributed by atoms with Crippen LogP contribution in [0.4, 0.5) is 4.39 Å². The average Bonchev–Trinajstić information content (AvgIpc) is 2.81. The third kappa shape index (κ3) is 0.407. The molecule has 74 valence electrons. The number of halogens is 2. The summed E-state index contributed by atoms with van der Waals surface area (Å²) in [6.45, 7) is 0. The predicted octanol–water partition coefficient (Wildman–Crippen LogP) is 1.84. The third-order valence-electron chi connectivity index (χ3n) is 6.06. The number of hydrogen-bond donors (Lipinski definition) is 0. The van der Waals surface area contributed by atoms with E-state index in [4.69, 9.17) is 0 Å². The van der Waals surface area contributed by atoms with Crippen molar-refractivity contribution in [1.82, 2.24) is 0 Å². The second-order valence-corrected chi connectivity index (χ2v) is 7.22. The highest BCUT2D eigenvalue weighted by atomic mass is 127. The first-order valence-electron chi connectivity index (χ1n) is 5.54. The highest BCUT2D eigenvalue weighted by Crippen LogP contribution is 2.84. The topological polar surface area (TPSA) is 17.1 Å². The van der Waals surface area contributed by atoms with E-state index >= 15 is 0 Å². The molecule has 14 heavy (non-hydrogen) atoms. The van der Waals surface area contributed by atoms with Gasteiger partial charge in [0.05, 0.1) is 5.92 Å². The summed E-state index contributed by atoms with van der Waals surface area (Å²) in [5, 5.41) is 0. The van der Waals surface area contributed by atoms with Crippen LogP contribution in [0.3, 0.4) is 0 Å². The molecule has 9 atom stereocenters. The molecule has 6 aliphatic rings. The van der Waals surface area contributed by atoms with Crippen molar-refractivity contribution in [3.05, 3.63) is 0 Å². The minimum atomic E-state index is -1.06. The van der Waals surface area contributed by atoms with E-state index in [0.717, 1.165) is 0 Å². The van der Waals surface area contributed by atoms with Gasteiger partial charge in [0.15, 0.2) is 0 Å². The van der Waals surface area contributed by atoms with Gasteiger partial charge in [0.1, 0.15) is 11.5 Å². The summed E-state index contributed by atoms with van der Waals surface area (Å²) in [5.74, 6) is 2.71. The van der Waals surface area contributed by atoms with Crippen LogP contribution in [0.1, 0.15) is 6.42 Å². The van der Waals surface area contributed by atoms with Crippen LogP contribution in [-0.2, 0) is 4.79 Å². The molecule has 6 saturated carbocycles. The van der Waals surface area contributed by atoms with Gasteiger partial charge in [-0.15, -0.1) is 0 Å². The Morgan fingerprint density at radius 3 is 2.86 bits per heavy atom. The lowest BCUT2D eigenvalue weighted by atomic mass is 9.70. The van der Waals surface area contributed by atoms with Gasteiger partial charge < -0.3 is 0 Å². The van der Waals surface area contributed by atoms with E-state index in [-0.39, 0.29) is 21.7 Å². The van der Waals surface area contributed by atoms with Gasteiger partial charge in [-0.1, -0.05) is 22.6 Å². The molecule has 6 bridgehead atoms. The zero-order chi connectivity index (χ0) is 9.40. The van der Waals surface area contributed by atoms with Crippen molar-refractivity contribution < 1.29 is 9.18 Å². The van der Waals surface area contributed by atoms with Crippen LogP contribution in [0.5, 0.6) is 0 Å². The minimum Gasteiger partial charge on any atom is -0.299 e. The summed E-state index contributed by atoms with van der Waals surface area (Å²) in [7, 11) is 0. The Morgan fingerprint density at radius 1 is 1.36 bits per heavy atom. The second-order valence-electron chi connectivity index (χ2n) is 5.88. The molecule has 0 radical (unpaired) electrons. The van der Waals surface area contributed by atoms with Gasteiger partial charge in [-0.05, 0) is 30.1 Å². The molecule has 0 aromatic rings. The molecule has 0 heterocycles. The Bertz CT molecular complexity index is 395. The summed E-state index contributed by atoms with van der Waals surface area (Å²) < 4.78 is 15.1. The van der Waals surface area contributed by atoms with Gasteiger partial charge in [-0.2, -0.15) is 0 Å². The summed E-state index contributed by atoms with van der Waals surface area (Å²) in [5.41, 5.74) is -1.06. The Morgan fingerprint density at radius 2 is 2.14 bits per heavy atom. The first-order valence-corrected chi connectivity index (χ1v) is 6.78. The molecule has 0 aliphatic heterocycles. The van der Waals surface area contributed by atoms with Gasteiger partial charge in [0.25, 0.3) is 0 Å². The summed E-state index contributed by atoms with van der Waals surface area (Å²) in [6.07, 6.45) is 1.18. The number of rotatable bonds is 0. The fourth-order valence-electron chi connectivity index (χ4n) is 6.14. The molecule has 0 aromatic carbocycles. The van der Waals surface area contributed by atoms with Gasteiger partial charge >= 0.3 is 0 Å². The number of alkyl halides is 2.